The Morgan fingerprint density at radius 2 is 1.50 bits per heavy atom. The molecular formula is C17H19NO2. The molecule has 0 fully saturated rings. The van der Waals surface area contributed by atoms with E-state index in [1.165, 1.54) is 0 Å². The highest BCUT2D eigenvalue weighted by atomic mass is 16.4. The first-order chi connectivity index (χ1) is 9.66. The van der Waals surface area contributed by atoms with Crippen LogP contribution in [0, 0.1) is 0 Å². The van der Waals surface area contributed by atoms with Gasteiger partial charge in [-0.15, -0.1) is 13.2 Å². The Bertz CT molecular complexity index is 535. The summed E-state index contributed by atoms with van der Waals surface area (Å²) in [6.07, 6.45) is 0.352. The van der Waals surface area contributed by atoms with Crippen LogP contribution < -0.4 is 5.73 Å². The Morgan fingerprint density at radius 1 is 1.00 bits per heavy atom. The molecule has 0 spiro atoms. The third-order valence-electron chi connectivity index (χ3n) is 2.83. The monoisotopic (exact) mass is 269 g/mol. The summed E-state index contributed by atoms with van der Waals surface area (Å²) in [5, 5.41) is 8.75. The first-order valence-electron chi connectivity index (χ1n) is 6.29. The van der Waals surface area contributed by atoms with E-state index in [9.17, 15) is 4.79 Å². The van der Waals surface area contributed by atoms with Gasteiger partial charge in [-0.2, -0.15) is 0 Å². The summed E-state index contributed by atoms with van der Waals surface area (Å²) in [6, 6.07) is 17.0. The molecule has 3 heteroatoms. The Kier molecular flexibility index (Phi) is 6.20. The van der Waals surface area contributed by atoms with Gasteiger partial charge < -0.3 is 10.8 Å². The third-order valence-corrected chi connectivity index (χ3v) is 2.83. The predicted molar refractivity (Wildman–Crippen MR) is 82.4 cm³/mol. The summed E-state index contributed by atoms with van der Waals surface area (Å²) in [6.45, 7) is 6.00. The second-order valence-corrected chi connectivity index (χ2v) is 4.21. The number of benzene rings is 2. The average molecular weight is 269 g/mol. The number of carboxylic acids is 1. The van der Waals surface area contributed by atoms with Crippen LogP contribution in [0.25, 0.3) is 11.1 Å². The Labute approximate surface area is 119 Å². The molecular weight excluding hydrogens is 250 g/mol. The van der Waals surface area contributed by atoms with Gasteiger partial charge in [0, 0.05) is 0 Å². The summed E-state index contributed by atoms with van der Waals surface area (Å²) >= 11 is 0. The lowest BCUT2D eigenvalue weighted by Crippen LogP contribution is -2.32. The van der Waals surface area contributed by atoms with Gasteiger partial charge in [0.2, 0.25) is 0 Å². The van der Waals surface area contributed by atoms with E-state index in [4.69, 9.17) is 10.8 Å². The van der Waals surface area contributed by atoms with Gasteiger partial charge in [-0.05, 0) is 23.1 Å². The number of hydrogen-bond acceptors (Lipinski definition) is 2. The molecule has 0 aliphatic carbocycles. The van der Waals surface area contributed by atoms with Crippen LogP contribution in [0.15, 0.2) is 67.8 Å². The fourth-order valence-electron chi connectivity index (χ4n) is 1.81. The molecule has 3 nitrogen and oxygen atoms in total. The highest BCUT2D eigenvalue weighted by Gasteiger charge is 2.11. The molecule has 2 rings (SSSR count). The summed E-state index contributed by atoms with van der Waals surface area (Å²) in [4.78, 5) is 10.7. The lowest BCUT2D eigenvalue weighted by molar-refractivity contribution is -0.138. The maximum Gasteiger partial charge on any atom is 0.320 e. The van der Waals surface area contributed by atoms with Crippen molar-refractivity contribution in [1.82, 2.24) is 0 Å². The summed E-state index contributed by atoms with van der Waals surface area (Å²) in [5.41, 5.74) is 8.69. The van der Waals surface area contributed by atoms with E-state index in [-0.39, 0.29) is 0 Å². The number of carbonyl (C=O) groups is 1. The molecule has 0 heterocycles. The molecule has 0 radical (unpaired) electrons. The van der Waals surface area contributed by atoms with Crippen molar-refractivity contribution in [3.8, 4) is 11.1 Å². The second kappa shape index (κ2) is 7.92. The van der Waals surface area contributed by atoms with Crippen molar-refractivity contribution in [2.75, 3.05) is 0 Å². The predicted octanol–water partition coefficient (Wildman–Crippen LogP) is 3.11. The van der Waals surface area contributed by atoms with Crippen molar-refractivity contribution >= 4 is 5.97 Å². The SMILES string of the molecule is C=C.NC(Cc1ccc(-c2ccccc2)cc1)C(=O)O. The van der Waals surface area contributed by atoms with E-state index in [2.05, 4.69) is 13.2 Å². The quantitative estimate of drug-likeness (QED) is 0.838. The van der Waals surface area contributed by atoms with Crippen LogP contribution in [0.2, 0.25) is 0 Å². The molecule has 1 atom stereocenters. The maximum atomic E-state index is 10.7. The van der Waals surface area contributed by atoms with Gasteiger partial charge in [0.1, 0.15) is 6.04 Å². The first kappa shape index (κ1) is 15.7. The lowest BCUT2D eigenvalue weighted by Gasteiger charge is -2.07. The lowest BCUT2D eigenvalue weighted by atomic mass is 10.0. The molecule has 0 aliphatic heterocycles. The van der Waals surface area contributed by atoms with E-state index in [0.29, 0.717) is 6.42 Å². The summed E-state index contributed by atoms with van der Waals surface area (Å²) in [5.74, 6) is -0.970. The van der Waals surface area contributed by atoms with Crippen molar-refractivity contribution in [2.24, 2.45) is 5.73 Å². The molecule has 104 valence electrons. The van der Waals surface area contributed by atoms with Crippen molar-refractivity contribution in [2.45, 2.75) is 12.5 Å². The van der Waals surface area contributed by atoms with Crippen molar-refractivity contribution < 1.29 is 9.90 Å². The largest absolute Gasteiger partial charge is 0.480 e. The van der Waals surface area contributed by atoms with Crippen molar-refractivity contribution in [3.63, 3.8) is 0 Å². The van der Waals surface area contributed by atoms with E-state index >= 15 is 0 Å². The minimum absolute atomic E-state index is 0.352. The Balaban J connectivity index is 0.000000956. The summed E-state index contributed by atoms with van der Waals surface area (Å²) in [7, 11) is 0. The molecule has 20 heavy (non-hydrogen) atoms. The molecule has 0 saturated heterocycles. The minimum Gasteiger partial charge on any atom is -0.480 e. The highest BCUT2D eigenvalue weighted by Crippen LogP contribution is 2.19. The molecule has 0 amide bonds. The maximum absolute atomic E-state index is 10.7. The van der Waals surface area contributed by atoms with Gasteiger partial charge >= 0.3 is 5.97 Å². The topological polar surface area (TPSA) is 63.3 Å². The zero-order chi connectivity index (χ0) is 15.0. The van der Waals surface area contributed by atoms with Crippen molar-refractivity contribution in [1.29, 1.82) is 0 Å². The van der Waals surface area contributed by atoms with E-state index in [1.54, 1.807) is 0 Å². The zero-order valence-electron chi connectivity index (χ0n) is 11.3. The van der Waals surface area contributed by atoms with Crippen LogP contribution in [-0.4, -0.2) is 17.1 Å². The molecule has 3 N–H and O–H groups in total. The Morgan fingerprint density at radius 3 is 2.00 bits per heavy atom. The number of nitrogens with two attached hydrogens (primary N) is 1. The van der Waals surface area contributed by atoms with E-state index < -0.39 is 12.0 Å². The van der Waals surface area contributed by atoms with Gasteiger partial charge in [0.05, 0.1) is 0 Å². The van der Waals surface area contributed by atoms with E-state index in [0.717, 1.165) is 16.7 Å². The zero-order valence-corrected chi connectivity index (χ0v) is 11.3. The molecule has 2 aromatic carbocycles. The average Bonchev–Trinajstić information content (AvgIpc) is 2.51. The van der Waals surface area contributed by atoms with Gasteiger partial charge in [-0.3, -0.25) is 4.79 Å². The molecule has 1 unspecified atom stereocenters. The Hall–Kier alpha value is -2.39. The highest BCUT2D eigenvalue weighted by molar-refractivity contribution is 5.73. The normalized spacial score (nSPS) is 11.1. The van der Waals surface area contributed by atoms with Gasteiger partial charge in [-0.25, -0.2) is 0 Å². The number of aliphatic carboxylic acids is 1. The standard InChI is InChI=1S/C15H15NO2.C2H4/c16-14(15(17)18)10-11-6-8-13(9-7-11)12-4-2-1-3-5-12;1-2/h1-9,14H,10,16H2,(H,17,18);1-2H2. The number of hydrogen-bond donors (Lipinski definition) is 2. The van der Waals surface area contributed by atoms with Gasteiger partial charge in [0.25, 0.3) is 0 Å². The van der Waals surface area contributed by atoms with Crippen LogP contribution in [0.1, 0.15) is 5.56 Å². The van der Waals surface area contributed by atoms with Crippen molar-refractivity contribution in [3.05, 3.63) is 73.3 Å². The fourth-order valence-corrected chi connectivity index (χ4v) is 1.81. The fraction of sp³-hybridized carbons (Fsp3) is 0.118. The molecule has 0 bridgehead atoms. The van der Waals surface area contributed by atoms with Crippen LogP contribution in [0.3, 0.4) is 0 Å². The van der Waals surface area contributed by atoms with Crippen LogP contribution in [0.5, 0.6) is 0 Å². The minimum atomic E-state index is -0.970. The summed E-state index contributed by atoms with van der Waals surface area (Å²) < 4.78 is 0. The first-order valence-corrected chi connectivity index (χ1v) is 6.29. The number of rotatable bonds is 4. The van der Waals surface area contributed by atoms with Crippen LogP contribution >= 0.6 is 0 Å². The molecule has 0 aliphatic rings. The molecule has 0 aromatic heterocycles. The van der Waals surface area contributed by atoms with E-state index in [1.807, 2.05) is 54.6 Å². The second-order valence-electron chi connectivity index (χ2n) is 4.21. The van der Waals surface area contributed by atoms with Crippen LogP contribution in [0.4, 0.5) is 0 Å². The number of carboxylic acid groups (broad SMARTS) is 1. The smallest absolute Gasteiger partial charge is 0.320 e. The van der Waals surface area contributed by atoms with Gasteiger partial charge in [-0.1, -0.05) is 54.6 Å². The van der Waals surface area contributed by atoms with Crippen LogP contribution in [-0.2, 0) is 11.2 Å². The third kappa shape index (κ3) is 4.37. The van der Waals surface area contributed by atoms with Gasteiger partial charge in [0.15, 0.2) is 0 Å². The molecule has 2 aromatic rings. The molecule has 0 saturated carbocycles.